The van der Waals surface area contributed by atoms with Gasteiger partial charge in [0.05, 0.1) is 20.3 Å². The summed E-state index contributed by atoms with van der Waals surface area (Å²) in [5.41, 5.74) is 0. The van der Waals surface area contributed by atoms with E-state index in [-0.39, 0.29) is 5.97 Å². The number of benzene rings is 1. The minimum atomic E-state index is -0.163. The van der Waals surface area contributed by atoms with Crippen molar-refractivity contribution in [2.24, 2.45) is 5.92 Å². The minimum Gasteiger partial charge on any atom is -0.493 e. The van der Waals surface area contributed by atoms with Gasteiger partial charge in [-0.05, 0) is 60.2 Å². The van der Waals surface area contributed by atoms with E-state index < -0.39 is 0 Å². The van der Waals surface area contributed by atoms with Crippen molar-refractivity contribution in [3.05, 3.63) is 27.8 Å². The molecule has 0 amide bonds. The predicted molar refractivity (Wildman–Crippen MR) is 85.8 cm³/mol. The quantitative estimate of drug-likeness (QED) is 0.573. The summed E-state index contributed by atoms with van der Waals surface area (Å²) in [7, 11) is 1.43. The molecular formula is C15H20INO3. The Morgan fingerprint density at radius 3 is 3.10 bits per heavy atom. The Balaban J connectivity index is 1.79. The zero-order valence-electron chi connectivity index (χ0n) is 11.7. The highest BCUT2D eigenvalue weighted by Crippen LogP contribution is 2.20. The standard InChI is InChI=1S/C15H20INO3/c1-19-15(18)10-17-7-3-4-12(9-17)11-20-14-6-2-5-13(16)8-14/h2,5-6,8,12H,3-4,7,9-11H2,1H3. The summed E-state index contributed by atoms with van der Waals surface area (Å²) < 4.78 is 11.8. The number of rotatable bonds is 5. The number of piperidine rings is 1. The maximum absolute atomic E-state index is 11.3. The van der Waals surface area contributed by atoms with E-state index in [1.54, 1.807) is 0 Å². The SMILES string of the molecule is COC(=O)CN1CCCC(COc2cccc(I)c2)C1. The first kappa shape index (κ1) is 15.6. The number of halogens is 1. The fraction of sp³-hybridized carbons (Fsp3) is 0.533. The summed E-state index contributed by atoms with van der Waals surface area (Å²) in [5.74, 6) is 1.23. The van der Waals surface area contributed by atoms with Crippen molar-refractivity contribution in [2.45, 2.75) is 12.8 Å². The van der Waals surface area contributed by atoms with E-state index in [2.05, 4.69) is 27.5 Å². The third kappa shape index (κ3) is 4.94. The zero-order chi connectivity index (χ0) is 14.4. The summed E-state index contributed by atoms with van der Waals surface area (Å²) in [6.07, 6.45) is 2.26. The number of hydrogen-bond donors (Lipinski definition) is 0. The topological polar surface area (TPSA) is 38.8 Å². The largest absolute Gasteiger partial charge is 0.493 e. The number of hydrogen-bond acceptors (Lipinski definition) is 4. The van der Waals surface area contributed by atoms with E-state index in [1.807, 2.05) is 24.3 Å². The summed E-state index contributed by atoms with van der Waals surface area (Å²) in [6.45, 7) is 2.96. The molecule has 5 heteroatoms. The molecule has 1 aliphatic heterocycles. The third-order valence-electron chi connectivity index (χ3n) is 3.47. The van der Waals surface area contributed by atoms with Crippen LogP contribution < -0.4 is 4.74 Å². The first-order valence-corrected chi connectivity index (χ1v) is 7.93. The van der Waals surface area contributed by atoms with Crippen LogP contribution in [0.15, 0.2) is 24.3 Å². The molecule has 0 spiro atoms. The van der Waals surface area contributed by atoms with Crippen molar-refractivity contribution in [2.75, 3.05) is 33.4 Å². The highest BCUT2D eigenvalue weighted by Gasteiger charge is 2.22. The van der Waals surface area contributed by atoms with Crippen LogP contribution in [0.1, 0.15) is 12.8 Å². The summed E-state index contributed by atoms with van der Waals surface area (Å²) >= 11 is 2.28. The van der Waals surface area contributed by atoms with Crippen LogP contribution in [-0.4, -0.2) is 44.2 Å². The number of nitrogens with zero attached hydrogens (tertiary/aromatic N) is 1. The molecule has 1 aromatic rings. The lowest BCUT2D eigenvalue weighted by Gasteiger charge is -2.31. The van der Waals surface area contributed by atoms with Crippen molar-refractivity contribution in [1.29, 1.82) is 0 Å². The molecule has 0 N–H and O–H groups in total. The van der Waals surface area contributed by atoms with Crippen LogP contribution in [0.2, 0.25) is 0 Å². The molecule has 1 heterocycles. The summed E-state index contributed by atoms with van der Waals surface area (Å²) in [5, 5.41) is 0. The van der Waals surface area contributed by atoms with E-state index in [0.29, 0.717) is 19.1 Å². The average Bonchev–Trinajstić information content (AvgIpc) is 2.45. The Kier molecular flexibility index (Phi) is 6.09. The first-order chi connectivity index (χ1) is 9.67. The van der Waals surface area contributed by atoms with Gasteiger partial charge in [0.25, 0.3) is 0 Å². The fourth-order valence-corrected chi connectivity index (χ4v) is 2.96. The van der Waals surface area contributed by atoms with Crippen molar-refractivity contribution in [1.82, 2.24) is 4.90 Å². The molecule has 1 aromatic carbocycles. The fourth-order valence-electron chi connectivity index (χ4n) is 2.45. The molecule has 1 atom stereocenters. The lowest BCUT2D eigenvalue weighted by atomic mass is 9.99. The van der Waals surface area contributed by atoms with Gasteiger partial charge in [-0.1, -0.05) is 6.07 Å². The highest BCUT2D eigenvalue weighted by molar-refractivity contribution is 14.1. The molecule has 1 saturated heterocycles. The van der Waals surface area contributed by atoms with Crippen LogP contribution in [-0.2, 0) is 9.53 Å². The van der Waals surface area contributed by atoms with Crippen molar-refractivity contribution >= 4 is 28.6 Å². The number of carbonyl (C=O) groups is 1. The molecule has 1 aliphatic rings. The predicted octanol–water partition coefficient (Wildman–Crippen LogP) is 2.56. The van der Waals surface area contributed by atoms with Crippen LogP contribution in [0.5, 0.6) is 5.75 Å². The van der Waals surface area contributed by atoms with Gasteiger partial charge in [-0.2, -0.15) is 0 Å². The molecule has 0 radical (unpaired) electrons. The molecule has 20 heavy (non-hydrogen) atoms. The van der Waals surface area contributed by atoms with Gasteiger partial charge in [0, 0.05) is 16.0 Å². The van der Waals surface area contributed by atoms with Gasteiger partial charge in [-0.25, -0.2) is 0 Å². The molecule has 110 valence electrons. The van der Waals surface area contributed by atoms with Gasteiger partial charge in [-0.3, -0.25) is 9.69 Å². The van der Waals surface area contributed by atoms with Crippen LogP contribution in [0.3, 0.4) is 0 Å². The van der Waals surface area contributed by atoms with E-state index in [1.165, 1.54) is 10.7 Å². The lowest BCUT2D eigenvalue weighted by molar-refractivity contribution is -0.142. The van der Waals surface area contributed by atoms with Crippen LogP contribution in [0.4, 0.5) is 0 Å². The van der Waals surface area contributed by atoms with E-state index >= 15 is 0 Å². The van der Waals surface area contributed by atoms with Crippen molar-refractivity contribution < 1.29 is 14.3 Å². The monoisotopic (exact) mass is 389 g/mol. The Morgan fingerprint density at radius 1 is 1.50 bits per heavy atom. The van der Waals surface area contributed by atoms with E-state index in [4.69, 9.17) is 9.47 Å². The second-order valence-corrected chi connectivity index (χ2v) is 6.33. The minimum absolute atomic E-state index is 0.163. The van der Waals surface area contributed by atoms with Gasteiger partial charge < -0.3 is 9.47 Å². The molecule has 1 fully saturated rings. The van der Waals surface area contributed by atoms with Gasteiger partial charge in [0.15, 0.2) is 0 Å². The lowest BCUT2D eigenvalue weighted by Crippen LogP contribution is -2.40. The molecule has 2 rings (SSSR count). The Bertz CT molecular complexity index is 452. The molecule has 0 saturated carbocycles. The smallest absolute Gasteiger partial charge is 0.319 e. The first-order valence-electron chi connectivity index (χ1n) is 6.85. The Labute approximate surface area is 133 Å². The number of likely N-dealkylation sites (tertiary alicyclic amines) is 1. The van der Waals surface area contributed by atoms with Gasteiger partial charge in [0.1, 0.15) is 5.75 Å². The molecule has 0 aromatic heterocycles. The Hall–Kier alpha value is -0.820. The number of ether oxygens (including phenoxy) is 2. The third-order valence-corrected chi connectivity index (χ3v) is 4.14. The van der Waals surface area contributed by atoms with E-state index in [9.17, 15) is 4.79 Å². The van der Waals surface area contributed by atoms with Gasteiger partial charge in [-0.15, -0.1) is 0 Å². The molecular weight excluding hydrogens is 369 g/mol. The Morgan fingerprint density at radius 2 is 2.35 bits per heavy atom. The van der Waals surface area contributed by atoms with Gasteiger partial charge >= 0.3 is 5.97 Å². The van der Waals surface area contributed by atoms with E-state index in [0.717, 1.165) is 31.7 Å². The van der Waals surface area contributed by atoms with Gasteiger partial charge in [0.2, 0.25) is 0 Å². The maximum atomic E-state index is 11.3. The molecule has 1 unspecified atom stereocenters. The van der Waals surface area contributed by atoms with Crippen LogP contribution in [0, 0.1) is 9.49 Å². The highest BCUT2D eigenvalue weighted by atomic mass is 127. The number of esters is 1. The van der Waals surface area contributed by atoms with Crippen LogP contribution in [0.25, 0.3) is 0 Å². The normalized spacial score (nSPS) is 19.6. The second kappa shape index (κ2) is 7.83. The summed E-state index contributed by atoms with van der Waals surface area (Å²) in [6, 6.07) is 8.07. The zero-order valence-corrected chi connectivity index (χ0v) is 13.8. The van der Waals surface area contributed by atoms with Crippen molar-refractivity contribution in [3.8, 4) is 5.75 Å². The molecule has 4 nitrogen and oxygen atoms in total. The molecule has 0 aliphatic carbocycles. The maximum Gasteiger partial charge on any atom is 0.319 e. The average molecular weight is 389 g/mol. The van der Waals surface area contributed by atoms with Crippen molar-refractivity contribution in [3.63, 3.8) is 0 Å². The number of carbonyl (C=O) groups excluding carboxylic acids is 1. The number of methoxy groups -OCH3 is 1. The van der Waals surface area contributed by atoms with Crippen LogP contribution >= 0.6 is 22.6 Å². The second-order valence-electron chi connectivity index (χ2n) is 5.09. The summed E-state index contributed by atoms with van der Waals surface area (Å²) in [4.78, 5) is 13.5. The molecule has 0 bridgehead atoms.